The molecule has 4 rings (SSSR count). The zero-order valence-electron chi connectivity index (χ0n) is 16.9. The molecule has 0 spiro atoms. The molecule has 1 saturated heterocycles. The summed E-state index contributed by atoms with van der Waals surface area (Å²) in [6.45, 7) is 6.35. The molecule has 0 unspecified atom stereocenters. The number of piperazine rings is 1. The molecule has 0 saturated carbocycles. The van der Waals surface area contributed by atoms with Crippen molar-refractivity contribution in [2.75, 3.05) is 38.0 Å². The van der Waals surface area contributed by atoms with Crippen molar-refractivity contribution in [3.8, 4) is 11.3 Å². The summed E-state index contributed by atoms with van der Waals surface area (Å²) in [6.07, 6.45) is 0. The smallest absolute Gasteiger partial charge is 0.266 e. The summed E-state index contributed by atoms with van der Waals surface area (Å²) in [6, 6.07) is 11.5. The second-order valence-corrected chi connectivity index (χ2v) is 8.42. The number of nitrogens with zero attached hydrogens (tertiary/aromatic N) is 4. The van der Waals surface area contributed by atoms with Crippen molar-refractivity contribution < 1.29 is 14.1 Å². The number of rotatable bonds is 5. The van der Waals surface area contributed by atoms with Crippen molar-refractivity contribution >= 4 is 29.0 Å². The van der Waals surface area contributed by atoms with Gasteiger partial charge in [0.15, 0.2) is 5.82 Å². The lowest BCUT2D eigenvalue weighted by atomic mass is 10.1. The van der Waals surface area contributed by atoms with Crippen LogP contribution in [0.1, 0.15) is 20.4 Å². The number of amides is 2. The Bertz CT molecular complexity index is 1040. The molecular formula is C21H23N5O3S. The molecule has 3 heterocycles. The van der Waals surface area contributed by atoms with Crippen LogP contribution in [0.4, 0.5) is 5.82 Å². The number of nitrogens with one attached hydrogen (secondary N) is 1. The van der Waals surface area contributed by atoms with Gasteiger partial charge in [-0.1, -0.05) is 35.5 Å². The Hall–Kier alpha value is -3.04. The van der Waals surface area contributed by atoms with Crippen molar-refractivity contribution in [3.05, 3.63) is 52.0 Å². The molecule has 2 amide bonds. The predicted octanol–water partition coefficient (Wildman–Crippen LogP) is 2.81. The number of anilines is 1. The number of hydrogen-bond donors (Lipinski definition) is 1. The number of thiazole rings is 1. The van der Waals surface area contributed by atoms with Crippen LogP contribution < -0.4 is 5.32 Å². The van der Waals surface area contributed by atoms with Crippen LogP contribution >= 0.6 is 11.3 Å². The van der Waals surface area contributed by atoms with Gasteiger partial charge in [-0.2, -0.15) is 0 Å². The van der Waals surface area contributed by atoms with Gasteiger partial charge in [-0.3, -0.25) is 14.5 Å². The van der Waals surface area contributed by atoms with Gasteiger partial charge < -0.3 is 14.7 Å². The Morgan fingerprint density at radius 2 is 1.87 bits per heavy atom. The average molecular weight is 426 g/mol. The van der Waals surface area contributed by atoms with Gasteiger partial charge in [0.1, 0.15) is 10.6 Å². The fraction of sp³-hybridized carbons (Fsp3) is 0.333. The van der Waals surface area contributed by atoms with E-state index in [0.29, 0.717) is 42.6 Å². The zero-order chi connectivity index (χ0) is 21.1. The standard InChI is InChI=1S/C21H23N5O3S/c1-14-12-17(24-29-14)23-18(27)13-25-8-10-26(11-9-25)21(28)20-19(22-15(2)30-20)16-6-4-3-5-7-16/h3-7,12H,8-11,13H2,1-2H3,(H,23,24,27). The Morgan fingerprint density at radius 3 is 2.53 bits per heavy atom. The van der Waals surface area contributed by atoms with Crippen LogP contribution in [0.3, 0.4) is 0 Å². The van der Waals surface area contributed by atoms with E-state index in [2.05, 4.69) is 15.5 Å². The topological polar surface area (TPSA) is 91.6 Å². The minimum atomic E-state index is -0.146. The highest BCUT2D eigenvalue weighted by Gasteiger charge is 2.27. The lowest BCUT2D eigenvalue weighted by molar-refractivity contribution is -0.117. The number of carbonyl (C=O) groups is 2. The maximum Gasteiger partial charge on any atom is 0.266 e. The number of benzene rings is 1. The van der Waals surface area contributed by atoms with Gasteiger partial charge in [0.25, 0.3) is 5.91 Å². The average Bonchev–Trinajstić information content (AvgIpc) is 3.33. The van der Waals surface area contributed by atoms with Crippen LogP contribution in [0, 0.1) is 13.8 Å². The molecule has 1 N–H and O–H groups in total. The van der Waals surface area contributed by atoms with Crippen molar-refractivity contribution in [1.82, 2.24) is 19.9 Å². The summed E-state index contributed by atoms with van der Waals surface area (Å²) in [4.78, 5) is 34.5. The van der Waals surface area contributed by atoms with Gasteiger partial charge in [0.2, 0.25) is 5.91 Å². The fourth-order valence-corrected chi connectivity index (χ4v) is 4.34. The Morgan fingerprint density at radius 1 is 1.13 bits per heavy atom. The second kappa shape index (κ2) is 8.76. The van der Waals surface area contributed by atoms with Crippen LogP contribution in [0.25, 0.3) is 11.3 Å². The third kappa shape index (κ3) is 4.58. The largest absolute Gasteiger partial charge is 0.360 e. The van der Waals surface area contributed by atoms with Crippen molar-refractivity contribution in [2.45, 2.75) is 13.8 Å². The van der Waals surface area contributed by atoms with Crippen molar-refractivity contribution in [3.63, 3.8) is 0 Å². The van der Waals surface area contributed by atoms with Crippen LogP contribution in [0.5, 0.6) is 0 Å². The van der Waals surface area contributed by atoms with E-state index in [9.17, 15) is 9.59 Å². The quantitative estimate of drug-likeness (QED) is 0.676. The first-order valence-electron chi connectivity index (χ1n) is 9.77. The SMILES string of the molecule is Cc1cc(NC(=O)CN2CCN(C(=O)c3sc(C)nc3-c3ccccc3)CC2)no1. The highest BCUT2D eigenvalue weighted by Crippen LogP contribution is 2.29. The van der Waals surface area contributed by atoms with E-state index in [4.69, 9.17) is 4.52 Å². The normalized spacial score (nSPS) is 14.7. The van der Waals surface area contributed by atoms with Crippen LogP contribution in [0.15, 0.2) is 40.9 Å². The van der Waals surface area contributed by atoms with Gasteiger partial charge in [-0.05, 0) is 13.8 Å². The lowest BCUT2D eigenvalue weighted by Crippen LogP contribution is -2.50. The van der Waals surface area contributed by atoms with E-state index in [1.54, 1.807) is 13.0 Å². The molecule has 30 heavy (non-hydrogen) atoms. The summed E-state index contributed by atoms with van der Waals surface area (Å²) < 4.78 is 4.95. The number of aryl methyl sites for hydroxylation is 2. The molecule has 2 aromatic heterocycles. The molecule has 0 aliphatic carbocycles. The van der Waals surface area contributed by atoms with Gasteiger partial charge in [-0.25, -0.2) is 4.98 Å². The molecule has 1 aliphatic heterocycles. The maximum atomic E-state index is 13.2. The Balaban J connectivity index is 1.35. The molecule has 1 aliphatic rings. The Kier molecular flexibility index (Phi) is 5.91. The van der Waals surface area contributed by atoms with Gasteiger partial charge in [-0.15, -0.1) is 11.3 Å². The predicted molar refractivity (Wildman–Crippen MR) is 115 cm³/mol. The van der Waals surface area contributed by atoms with Crippen LogP contribution in [0.2, 0.25) is 0 Å². The van der Waals surface area contributed by atoms with Crippen molar-refractivity contribution in [2.24, 2.45) is 0 Å². The zero-order valence-corrected chi connectivity index (χ0v) is 17.7. The summed E-state index contributed by atoms with van der Waals surface area (Å²) in [5.41, 5.74) is 1.69. The Labute approximate surface area is 178 Å². The molecule has 1 fully saturated rings. The first-order chi connectivity index (χ1) is 14.5. The van der Waals surface area contributed by atoms with Crippen LogP contribution in [-0.4, -0.2) is 64.5 Å². The number of carbonyl (C=O) groups excluding carboxylic acids is 2. The molecule has 0 radical (unpaired) electrons. The highest BCUT2D eigenvalue weighted by atomic mass is 32.1. The van der Waals surface area contributed by atoms with Gasteiger partial charge in [0, 0.05) is 37.8 Å². The fourth-order valence-electron chi connectivity index (χ4n) is 3.43. The molecular weight excluding hydrogens is 402 g/mol. The minimum absolute atomic E-state index is 0.00151. The van der Waals surface area contributed by atoms with Crippen molar-refractivity contribution in [1.29, 1.82) is 0 Å². The summed E-state index contributed by atoms with van der Waals surface area (Å²) in [7, 11) is 0. The summed E-state index contributed by atoms with van der Waals surface area (Å²) in [5, 5.41) is 7.37. The van der Waals surface area contributed by atoms with E-state index in [1.165, 1.54) is 11.3 Å². The number of aromatic nitrogens is 2. The third-order valence-electron chi connectivity index (χ3n) is 4.90. The summed E-state index contributed by atoms with van der Waals surface area (Å²) >= 11 is 1.43. The first-order valence-corrected chi connectivity index (χ1v) is 10.6. The van der Waals surface area contributed by atoms with Crippen LogP contribution in [-0.2, 0) is 4.79 Å². The molecule has 0 bridgehead atoms. The first kappa shape index (κ1) is 20.2. The molecule has 1 aromatic carbocycles. The highest BCUT2D eigenvalue weighted by molar-refractivity contribution is 7.14. The number of hydrogen-bond acceptors (Lipinski definition) is 7. The molecule has 156 valence electrons. The maximum absolute atomic E-state index is 13.2. The van der Waals surface area contributed by atoms with Gasteiger partial charge in [0.05, 0.1) is 17.2 Å². The van der Waals surface area contributed by atoms with Gasteiger partial charge >= 0.3 is 0 Å². The minimum Gasteiger partial charge on any atom is -0.360 e. The molecule has 0 atom stereocenters. The van der Waals surface area contributed by atoms with E-state index in [-0.39, 0.29) is 18.4 Å². The van der Waals surface area contributed by atoms with E-state index in [0.717, 1.165) is 16.3 Å². The molecule has 8 nitrogen and oxygen atoms in total. The van der Waals surface area contributed by atoms with E-state index in [1.807, 2.05) is 47.1 Å². The van der Waals surface area contributed by atoms with E-state index < -0.39 is 0 Å². The third-order valence-corrected chi connectivity index (χ3v) is 5.86. The van der Waals surface area contributed by atoms with E-state index >= 15 is 0 Å². The lowest BCUT2D eigenvalue weighted by Gasteiger charge is -2.34. The molecule has 3 aromatic rings. The monoisotopic (exact) mass is 425 g/mol. The summed E-state index contributed by atoms with van der Waals surface area (Å²) in [5.74, 6) is 0.917. The second-order valence-electron chi connectivity index (χ2n) is 7.22. The molecule has 9 heteroatoms.